The molecule has 15 heavy (non-hydrogen) atoms. The van der Waals surface area contributed by atoms with Crippen molar-refractivity contribution in [3.8, 4) is 0 Å². The number of benzene rings is 1. The van der Waals surface area contributed by atoms with Crippen molar-refractivity contribution < 1.29 is 4.39 Å². The van der Waals surface area contributed by atoms with Gasteiger partial charge in [-0.05, 0) is 36.7 Å². The summed E-state index contributed by atoms with van der Waals surface area (Å²) >= 11 is 0. The van der Waals surface area contributed by atoms with Gasteiger partial charge in [0.05, 0.1) is 0 Å². The van der Waals surface area contributed by atoms with E-state index in [0.29, 0.717) is 5.67 Å². The first kappa shape index (κ1) is 12.4. The lowest BCUT2D eigenvalue weighted by Gasteiger charge is -2.09. The Kier molecular flexibility index (Phi) is 4.98. The highest BCUT2D eigenvalue weighted by Gasteiger charge is 2.04. The summed E-state index contributed by atoms with van der Waals surface area (Å²) in [4.78, 5) is 0. The van der Waals surface area contributed by atoms with Crippen LogP contribution in [-0.2, 0) is 6.04 Å². The van der Waals surface area contributed by atoms with Crippen molar-refractivity contribution in [1.29, 1.82) is 0 Å². The topological polar surface area (TPSA) is 26.0 Å². The predicted octanol–water partition coefficient (Wildman–Crippen LogP) is 1.89. The molecule has 0 saturated heterocycles. The summed E-state index contributed by atoms with van der Waals surface area (Å²) in [5.41, 5.74) is 8.39. The van der Waals surface area contributed by atoms with Crippen molar-refractivity contribution in [2.75, 3.05) is 0 Å². The lowest BCUT2D eigenvalue weighted by Crippen LogP contribution is -2.28. The SMILES string of the molecule is CCCC(N)[SiH2]Cc1ccc(F)c(C)c1. The van der Waals surface area contributed by atoms with Crippen LogP contribution in [0.2, 0.25) is 0 Å². The van der Waals surface area contributed by atoms with Crippen LogP contribution in [0.4, 0.5) is 4.39 Å². The minimum atomic E-state index is -0.247. The minimum Gasteiger partial charge on any atom is -0.331 e. The van der Waals surface area contributed by atoms with Crippen LogP contribution in [0.25, 0.3) is 0 Å². The van der Waals surface area contributed by atoms with Gasteiger partial charge in [-0.2, -0.15) is 0 Å². The Morgan fingerprint density at radius 2 is 2.20 bits per heavy atom. The first-order valence-corrected chi connectivity index (χ1v) is 7.45. The van der Waals surface area contributed by atoms with Crippen LogP contribution in [0.15, 0.2) is 18.2 Å². The van der Waals surface area contributed by atoms with E-state index in [0.717, 1.165) is 24.4 Å². The van der Waals surface area contributed by atoms with Crippen LogP contribution in [0, 0.1) is 12.7 Å². The van der Waals surface area contributed by atoms with Crippen LogP contribution >= 0.6 is 0 Å². The number of halogens is 1. The standard InChI is InChI=1S/C12H20FNSi/c1-3-4-12(14)15-8-10-5-6-11(13)9(2)7-10/h5-7,12H,3-4,8,14-15H2,1-2H3. The van der Waals surface area contributed by atoms with E-state index in [1.54, 1.807) is 6.07 Å². The van der Waals surface area contributed by atoms with Crippen molar-refractivity contribution in [3.63, 3.8) is 0 Å². The quantitative estimate of drug-likeness (QED) is 0.761. The van der Waals surface area contributed by atoms with Crippen molar-refractivity contribution in [2.24, 2.45) is 5.73 Å². The molecule has 0 aromatic heterocycles. The number of rotatable bonds is 5. The van der Waals surface area contributed by atoms with Gasteiger partial charge in [-0.3, -0.25) is 0 Å². The van der Waals surface area contributed by atoms with E-state index in [1.165, 1.54) is 5.56 Å². The maximum Gasteiger partial charge on any atom is 0.126 e. The van der Waals surface area contributed by atoms with E-state index in [4.69, 9.17) is 5.73 Å². The Morgan fingerprint density at radius 3 is 2.80 bits per heavy atom. The number of aryl methyl sites for hydroxylation is 1. The Bertz CT molecular complexity index is 314. The molecule has 3 heteroatoms. The second-order valence-corrected chi connectivity index (χ2v) is 6.30. The molecule has 0 aliphatic carbocycles. The van der Waals surface area contributed by atoms with E-state index in [2.05, 4.69) is 6.92 Å². The number of hydrogen-bond acceptors (Lipinski definition) is 1. The lowest BCUT2D eigenvalue weighted by atomic mass is 10.1. The molecule has 1 nitrogen and oxygen atoms in total. The summed E-state index contributed by atoms with van der Waals surface area (Å²) in [5, 5.41) is 0. The molecular formula is C12H20FNSi. The van der Waals surface area contributed by atoms with Gasteiger partial charge in [0.15, 0.2) is 0 Å². The molecule has 0 saturated carbocycles. The van der Waals surface area contributed by atoms with E-state index < -0.39 is 0 Å². The Morgan fingerprint density at radius 1 is 1.47 bits per heavy atom. The molecule has 1 aromatic carbocycles. The van der Waals surface area contributed by atoms with Gasteiger partial charge in [-0.15, -0.1) is 0 Å². The maximum absolute atomic E-state index is 13.0. The van der Waals surface area contributed by atoms with Gasteiger partial charge in [0.25, 0.3) is 0 Å². The molecular weight excluding hydrogens is 205 g/mol. The minimum absolute atomic E-state index is 0.113. The Balaban J connectivity index is 2.47. The van der Waals surface area contributed by atoms with Gasteiger partial charge in [-0.1, -0.05) is 31.0 Å². The molecule has 2 N–H and O–H groups in total. The van der Waals surface area contributed by atoms with Crippen molar-refractivity contribution in [1.82, 2.24) is 0 Å². The molecule has 0 aliphatic rings. The van der Waals surface area contributed by atoms with E-state index in [1.807, 2.05) is 19.1 Å². The fourth-order valence-electron chi connectivity index (χ4n) is 1.73. The van der Waals surface area contributed by atoms with Gasteiger partial charge in [0.2, 0.25) is 0 Å². The zero-order chi connectivity index (χ0) is 11.3. The van der Waals surface area contributed by atoms with Crippen LogP contribution in [0.3, 0.4) is 0 Å². The maximum atomic E-state index is 13.0. The molecule has 0 heterocycles. The Hall–Kier alpha value is -0.673. The zero-order valence-corrected chi connectivity index (χ0v) is 11.0. The summed E-state index contributed by atoms with van der Waals surface area (Å²) in [6.07, 6.45) is 2.29. The molecule has 0 aliphatic heterocycles. The molecule has 1 rings (SSSR count). The summed E-state index contributed by atoms with van der Waals surface area (Å²) in [6, 6.07) is 6.47. The normalized spacial score (nSPS) is 13.6. The monoisotopic (exact) mass is 225 g/mol. The molecule has 0 radical (unpaired) electrons. The second kappa shape index (κ2) is 6.03. The fraction of sp³-hybridized carbons (Fsp3) is 0.500. The summed E-state index contributed by atoms with van der Waals surface area (Å²) in [6.45, 7) is 3.97. The predicted molar refractivity (Wildman–Crippen MR) is 66.3 cm³/mol. The number of hydrogen-bond donors (Lipinski definition) is 1. The second-order valence-electron chi connectivity index (χ2n) is 4.17. The van der Waals surface area contributed by atoms with Gasteiger partial charge in [-0.25, -0.2) is 4.39 Å². The summed E-state index contributed by atoms with van der Waals surface area (Å²) in [5.74, 6) is -0.113. The van der Waals surface area contributed by atoms with Gasteiger partial charge in [0, 0.05) is 9.52 Å². The third-order valence-electron chi connectivity index (χ3n) is 2.69. The zero-order valence-electron chi connectivity index (χ0n) is 9.59. The van der Waals surface area contributed by atoms with Crippen molar-refractivity contribution in [2.45, 2.75) is 38.4 Å². The largest absolute Gasteiger partial charge is 0.331 e. The van der Waals surface area contributed by atoms with E-state index in [9.17, 15) is 4.39 Å². The highest BCUT2D eigenvalue weighted by atomic mass is 28.2. The molecule has 1 atom stereocenters. The van der Waals surface area contributed by atoms with Crippen LogP contribution < -0.4 is 5.73 Å². The summed E-state index contributed by atoms with van der Waals surface area (Å²) in [7, 11) is -0.247. The lowest BCUT2D eigenvalue weighted by molar-refractivity contribution is 0.618. The first-order valence-electron chi connectivity index (χ1n) is 5.64. The highest BCUT2D eigenvalue weighted by molar-refractivity contribution is 6.37. The molecule has 1 aromatic rings. The van der Waals surface area contributed by atoms with Gasteiger partial charge >= 0.3 is 0 Å². The van der Waals surface area contributed by atoms with Crippen LogP contribution in [0.5, 0.6) is 0 Å². The van der Waals surface area contributed by atoms with E-state index in [-0.39, 0.29) is 15.3 Å². The highest BCUT2D eigenvalue weighted by Crippen LogP contribution is 2.09. The molecule has 0 amide bonds. The molecule has 0 spiro atoms. The van der Waals surface area contributed by atoms with Crippen molar-refractivity contribution >= 4 is 9.52 Å². The average Bonchev–Trinajstić information content (AvgIpc) is 2.20. The van der Waals surface area contributed by atoms with E-state index >= 15 is 0 Å². The Labute approximate surface area is 93.7 Å². The van der Waals surface area contributed by atoms with Crippen LogP contribution in [-0.4, -0.2) is 15.2 Å². The first-order chi connectivity index (χ1) is 7.13. The number of nitrogens with two attached hydrogens (primary N) is 1. The third-order valence-corrected chi connectivity index (χ3v) is 4.70. The third kappa shape index (κ3) is 4.14. The molecule has 84 valence electrons. The van der Waals surface area contributed by atoms with Gasteiger partial charge < -0.3 is 5.73 Å². The smallest absolute Gasteiger partial charge is 0.126 e. The summed E-state index contributed by atoms with van der Waals surface area (Å²) < 4.78 is 13.0. The fourth-order valence-corrected chi connectivity index (χ4v) is 3.44. The van der Waals surface area contributed by atoms with Gasteiger partial charge in [0.1, 0.15) is 5.82 Å². The average molecular weight is 225 g/mol. The van der Waals surface area contributed by atoms with Crippen LogP contribution in [0.1, 0.15) is 30.9 Å². The molecule has 0 fully saturated rings. The molecule has 1 unspecified atom stereocenters. The molecule has 0 bridgehead atoms. The van der Waals surface area contributed by atoms with Crippen molar-refractivity contribution in [3.05, 3.63) is 35.1 Å².